The summed E-state index contributed by atoms with van der Waals surface area (Å²) in [5.74, 6) is -0.171. The highest BCUT2D eigenvalue weighted by Crippen LogP contribution is 2.20. The van der Waals surface area contributed by atoms with Gasteiger partial charge >= 0.3 is 0 Å². The molecule has 0 saturated carbocycles. The first kappa shape index (κ1) is 21.5. The maximum atomic E-state index is 12.7. The summed E-state index contributed by atoms with van der Waals surface area (Å²) in [5, 5.41) is 6.08. The van der Waals surface area contributed by atoms with E-state index in [1.165, 1.54) is 12.5 Å². The Morgan fingerprint density at radius 2 is 1.86 bits per heavy atom. The van der Waals surface area contributed by atoms with Crippen LogP contribution in [0.15, 0.2) is 59.1 Å². The summed E-state index contributed by atoms with van der Waals surface area (Å²) < 4.78 is 0.966. The second kappa shape index (κ2) is 10.6. The van der Waals surface area contributed by atoms with Crippen LogP contribution in [0.25, 0.3) is 0 Å². The summed E-state index contributed by atoms with van der Waals surface area (Å²) in [6.07, 6.45) is 2.29. The number of halogens is 1. The molecule has 2 N–H and O–H groups in total. The Kier molecular flexibility index (Phi) is 7.83. The van der Waals surface area contributed by atoms with E-state index in [4.69, 9.17) is 0 Å². The maximum Gasteiger partial charge on any atom is 0.222 e. The quantitative estimate of drug-likeness (QED) is 0.664. The summed E-state index contributed by atoms with van der Waals surface area (Å²) in [6, 6.07) is 17.9. The number of carbonyl (C=O) groups excluding carboxylic acids is 2. The van der Waals surface area contributed by atoms with Gasteiger partial charge in [0.1, 0.15) is 0 Å². The third-order valence-electron chi connectivity index (χ3n) is 5.16. The molecule has 0 radical (unpaired) electrons. The molecular weight excluding hydrogens is 430 g/mol. The van der Waals surface area contributed by atoms with Crippen molar-refractivity contribution in [3.63, 3.8) is 0 Å². The lowest BCUT2D eigenvalue weighted by atomic mass is 10.0. The van der Waals surface area contributed by atoms with Gasteiger partial charge in [0.05, 0.1) is 12.5 Å². The fourth-order valence-corrected chi connectivity index (χ4v) is 4.09. The van der Waals surface area contributed by atoms with Gasteiger partial charge in [0.15, 0.2) is 0 Å². The van der Waals surface area contributed by atoms with E-state index in [0.29, 0.717) is 0 Å². The number of nitrogens with zero attached hydrogens (tertiary/aromatic N) is 1. The van der Waals surface area contributed by atoms with Gasteiger partial charge in [-0.05, 0) is 42.6 Å². The van der Waals surface area contributed by atoms with Gasteiger partial charge in [-0.15, -0.1) is 0 Å². The number of hydrogen-bond donors (Lipinski definition) is 2. The lowest BCUT2D eigenvalue weighted by Crippen LogP contribution is -2.48. The fraction of sp³-hybridized carbons (Fsp3) is 0.391. The van der Waals surface area contributed by atoms with E-state index in [-0.39, 0.29) is 30.3 Å². The molecule has 0 spiro atoms. The number of carbonyl (C=O) groups is 2. The van der Waals surface area contributed by atoms with Crippen molar-refractivity contribution >= 4 is 27.7 Å². The molecule has 154 valence electrons. The van der Waals surface area contributed by atoms with E-state index in [2.05, 4.69) is 55.7 Å². The predicted molar refractivity (Wildman–Crippen MR) is 118 cm³/mol. The zero-order valence-corrected chi connectivity index (χ0v) is 18.3. The normalized spacial score (nSPS) is 18.1. The zero-order chi connectivity index (χ0) is 20.6. The lowest BCUT2D eigenvalue weighted by Gasteiger charge is -2.33. The Balaban J connectivity index is 1.56. The van der Waals surface area contributed by atoms with Gasteiger partial charge in [-0.25, -0.2) is 0 Å². The number of benzene rings is 2. The summed E-state index contributed by atoms with van der Waals surface area (Å²) in [5.41, 5.74) is 2.22. The number of amides is 2. The molecule has 1 aliphatic rings. The Labute approximate surface area is 181 Å². The van der Waals surface area contributed by atoms with Crippen LogP contribution < -0.4 is 10.6 Å². The second-order valence-corrected chi connectivity index (χ2v) is 8.55. The number of hydrogen-bond acceptors (Lipinski definition) is 3. The molecule has 5 nitrogen and oxygen atoms in total. The molecule has 6 heteroatoms. The average Bonchev–Trinajstić information content (AvgIpc) is 2.69. The largest absolute Gasteiger partial charge is 0.352 e. The number of piperidine rings is 1. The third kappa shape index (κ3) is 6.98. The van der Waals surface area contributed by atoms with Gasteiger partial charge in [-0.1, -0.05) is 58.4 Å². The summed E-state index contributed by atoms with van der Waals surface area (Å²) in [7, 11) is 0. The number of rotatable bonds is 7. The van der Waals surface area contributed by atoms with E-state index in [1.807, 2.05) is 30.3 Å². The van der Waals surface area contributed by atoms with Crippen LogP contribution in [0.4, 0.5) is 0 Å². The molecular formula is C23H28BrN3O2. The summed E-state index contributed by atoms with van der Waals surface area (Å²) in [4.78, 5) is 26.7. The van der Waals surface area contributed by atoms with Crippen LogP contribution in [0.1, 0.15) is 43.4 Å². The highest BCUT2D eigenvalue weighted by atomic mass is 79.9. The van der Waals surface area contributed by atoms with Gasteiger partial charge in [0.2, 0.25) is 11.8 Å². The molecule has 1 fully saturated rings. The molecule has 1 aliphatic heterocycles. The van der Waals surface area contributed by atoms with Crippen molar-refractivity contribution in [2.45, 2.75) is 44.8 Å². The van der Waals surface area contributed by atoms with Crippen LogP contribution in [0, 0.1) is 0 Å². The van der Waals surface area contributed by atoms with Gasteiger partial charge in [0.25, 0.3) is 0 Å². The smallest absolute Gasteiger partial charge is 0.222 e. The summed E-state index contributed by atoms with van der Waals surface area (Å²) in [6.45, 7) is 4.28. The lowest BCUT2D eigenvalue weighted by molar-refractivity contribution is -0.123. The van der Waals surface area contributed by atoms with Crippen molar-refractivity contribution < 1.29 is 9.59 Å². The van der Waals surface area contributed by atoms with Crippen LogP contribution in [0.2, 0.25) is 0 Å². The van der Waals surface area contributed by atoms with Crippen LogP contribution in [0.3, 0.4) is 0 Å². The number of likely N-dealkylation sites (tertiary alicyclic amines) is 1. The molecule has 2 atom stereocenters. The first-order valence-corrected chi connectivity index (χ1v) is 10.9. The standard InChI is InChI=1S/C23H28BrN3O2/c1-17(28)25-22(19-9-11-20(24)12-10-19)14-23(29)26-21-8-5-13-27(16-21)15-18-6-3-2-4-7-18/h2-4,6-7,9-12,21-22H,5,8,13-16H2,1H3,(H,25,28)(H,26,29). The fourth-order valence-electron chi connectivity index (χ4n) is 3.82. The van der Waals surface area contributed by atoms with E-state index >= 15 is 0 Å². The maximum absolute atomic E-state index is 12.7. The van der Waals surface area contributed by atoms with Crippen molar-refractivity contribution in [1.29, 1.82) is 0 Å². The predicted octanol–water partition coefficient (Wildman–Crippen LogP) is 3.80. The third-order valence-corrected chi connectivity index (χ3v) is 5.69. The van der Waals surface area contributed by atoms with Crippen molar-refractivity contribution in [3.8, 4) is 0 Å². The van der Waals surface area contributed by atoms with Gasteiger partial charge in [0, 0.05) is 30.5 Å². The molecule has 29 heavy (non-hydrogen) atoms. The van der Waals surface area contributed by atoms with Crippen LogP contribution in [-0.4, -0.2) is 35.8 Å². The first-order chi connectivity index (χ1) is 14.0. The topological polar surface area (TPSA) is 61.4 Å². The minimum Gasteiger partial charge on any atom is -0.352 e. The molecule has 0 aliphatic carbocycles. The van der Waals surface area contributed by atoms with Crippen LogP contribution in [0.5, 0.6) is 0 Å². The van der Waals surface area contributed by atoms with E-state index in [1.54, 1.807) is 0 Å². The molecule has 1 saturated heterocycles. The molecule has 0 aromatic heterocycles. The van der Waals surface area contributed by atoms with Crippen molar-refractivity contribution in [2.75, 3.05) is 13.1 Å². The monoisotopic (exact) mass is 457 g/mol. The Morgan fingerprint density at radius 3 is 2.55 bits per heavy atom. The molecule has 0 bridgehead atoms. The Bertz CT molecular complexity index is 811. The summed E-state index contributed by atoms with van der Waals surface area (Å²) >= 11 is 3.42. The molecule has 2 unspecified atom stereocenters. The number of nitrogens with one attached hydrogen (secondary N) is 2. The second-order valence-electron chi connectivity index (χ2n) is 7.64. The van der Waals surface area contributed by atoms with Crippen LogP contribution >= 0.6 is 15.9 Å². The molecule has 2 aromatic carbocycles. The SMILES string of the molecule is CC(=O)NC(CC(=O)NC1CCCN(Cc2ccccc2)C1)c1ccc(Br)cc1. The van der Waals surface area contributed by atoms with E-state index in [9.17, 15) is 9.59 Å². The van der Waals surface area contributed by atoms with Crippen molar-refractivity contribution in [1.82, 2.24) is 15.5 Å². The first-order valence-electron chi connectivity index (χ1n) is 10.1. The van der Waals surface area contributed by atoms with Gasteiger partial charge in [-0.3, -0.25) is 14.5 Å². The van der Waals surface area contributed by atoms with E-state index in [0.717, 1.165) is 42.5 Å². The van der Waals surface area contributed by atoms with Gasteiger partial charge in [-0.2, -0.15) is 0 Å². The molecule has 2 aromatic rings. The van der Waals surface area contributed by atoms with E-state index < -0.39 is 0 Å². The highest BCUT2D eigenvalue weighted by molar-refractivity contribution is 9.10. The van der Waals surface area contributed by atoms with Crippen LogP contribution in [-0.2, 0) is 16.1 Å². The van der Waals surface area contributed by atoms with Crippen molar-refractivity contribution in [2.24, 2.45) is 0 Å². The molecule has 1 heterocycles. The van der Waals surface area contributed by atoms with Crippen molar-refractivity contribution in [3.05, 3.63) is 70.2 Å². The Hall–Kier alpha value is -2.18. The zero-order valence-electron chi connectivity index (χ0n) is 16.7. The highest BCUT2D eigenvalue weighted by Gasteiger charge is 2.23. The molecule has 3 rings (SSSR count). The minimum absolute atomic E-state index is 0.0294. The average molecular weight is 458 g/mol. The molecule has 2 amide bonds. The Morgan fingerprint density at radius 1 is 1.14 bits per heavy atom. The van der Waals surface area contributed by atoms with Gasteiger partial charge < -0.3 is 10.6 Å². The minimum atomic E-state index is -0.329.